The van der Waals surface area contributed by atoms with Crippen LogP contribution in [-0.2, 0) is 5.41 Å². The summed E-state index contributed by atoms with van der Waals surface area (Å²) in [6.07, 6.45) is 2.13. The maximum Gasteiger partial charge on any atom is 0.324 e. The van der Waals surface area contributed by atoms with Gasteiger partial charge >= 0.3 is 6.03 Å². The molecule has 0 aliphatic carbocycles. The van der Waals surface area contributed by atoms with Crippen molar-refractivity contribution in [2.45, 2.75) is 58.3 Å². The molecule has 1 saturated heterocycles. The average Bonchev–Trinajstić information content (AvgIpc) is 3.48. The number of nitrogens with zero attached hydrogens (tertiary/aromatic N) is 2. The van der Waals surface area contributed by atoms with Crippen molar-refractivity contribution >= 4 is 23.3 Å². The number of nitrogens with one attached hydrogen (secondary N) is 3. The van der Waals surface area contributed by atoms with E-state index in [0.717, 1.165) is 48.4 Å². The third kappa shape index (κ3) is 7.59. The highest BCUT2D eigenvalue weighted by atomic mass is 16.5. The summed E-state index contributed by atoms with van der Waals surface area (Å²) in [6.45, 7) is 10.1. The molecule has 9 heteroatoms. The molecule has 1 aliphatic heterocycles. The number of methoxy groups -OCH3 is 2. The van der Waals surface area contributed by atoms with Gasteiger partial charge in [0.15, 0.2) is 5.78 Å². The quantitative estimate of drug-likeness (QED) is 0.158. The number of aromatic nitrogens is 2. The van der Waals surface area contributed by atoms with Crippen LogP contribution in [0, 0.1) is 12.8 Å². The van der Waals surface area contributed by atoms with Gasteiger partial charge in [-0.2, -0.15) is 5.10 Å². The molecule has 2 heterocycles. The van der Waals surface area contributed by atoms with Crippen molar-refractivity contribution in [1.29, 1.82) is 0 Å². The van der Waals surface area contributed by atoms with E-state index in [0.29, 0.717) is 28.6 Å². The zero-order chi connectivity index (χ0) is 32.8. The topological polar surface area (TPSA) is 107 Å². The Morgan fingerprint density at radius 1 is 0.957 bits per heavy atom. The lowest BCUT2D eigenvalue weighted by molar-refractivity contribution is 0.0956. The second kappa shape index (κ2) is 14.2. The molecule has 1 unspecified atom stereocenters. The van der Waals surface area contributed by atoms with E-state index in [1.165, 1.54) is 0 Å². The Kier molecular flexibility index (Phi) is 10.1. The first-order valence-corrected chi connectivity index (χ1v) is 15.9. The summed E-state index contributed by atoms with van der Waals surface area (Å²) in [5.41, 5.74) is 4.74. The number of carbonyl (C=O) groups excluding carboxylic acids is 2. The van der Waals surface area contributed by atoms with Crippen LogP contribution >= 0.6 is 0 Å². The molecule has 0 bridgehead atoms. The first-order valence-electron chi connectivity index (χ1n) is 15.9. The number of hydrogen-bond acceptors (Lipinski definition) is 6. The highest BCUT2D eigenvalue weighted by Crippen LogP contribution is 2.39. The number of piperidine rings is 1. The van der Waals surface area contributed by atoms with Gasteiger partial charge in [-0.3, -0.25) is 10.1 Å². The smallest absolute Gasteiger partial charge is 0.324 e. The number of urea groups is 1. The molecule has 0 radical (unpaired) electrons. The van der Waals surface area contributed by atoms with Crippen molar-refractivity contribution in [3.63, 3.8) is 0 Å². The molecule has 5 rings (SSSR count). The number of ketones is 1. The van der Waals surface area contributed by atoms with Crippen molar-refractivity contribution in [3.8, 4) is 17.2 Å². The lowest BCUT2D eigenvalue weighted by atomic mass is 9.76. The van der Waals surface area contributed by atoms with E-state index in [-0.39, 0.29) is 35.5 Å². The number of para-hydroxylation sites is 1. The molecule has 1 fully saturated rings. The van der Waals surface area contributed by atoms with Gasteiger partial charge in [0.05, 0.1) is 31.2 Å². The second-order valence-corrected chi connectivity index (χ2v) is 13.0. The molecule has 2 amide bonds. The van der Waals surface area contributed by atoms with Crippen molar-refractivity contribution in [1.82, 2.24) is 15.1 Å². The zero-order valence-electron chi connectivity index (χ0n) is 27.6. The normalized spacial score (nSPS) is 14.4. The molecule has 0 saturated carbocycles. The minimum absolute atomic E-state index is 0.0322. The van der Waals surface area contributed by atoms with Crippen LogP contribution in [-0.4, -0.2) is 48.9 Å². The summed E-state index contributed by atoms with van der Waals surface area (Å²) in [6, 6.07) is 22.6. The Morgan fingerprint density at radius 2 is 1.67 bits per heavy atom. The lowest BCUT2D eigenvalue weighted by Gasteiger charge is -2.32. The van der Waals surface area contributed by atoms with Crippen LogP contribution < -0.4 is 25.4 Å². The van der Waals surface area contributed by atoms with E-state index >= 15 is 0 Å². The number of hydrogen-bond donors (Lipinski definition) is 3. The summed E-state index contributed by atoms with van der Waals surface area (Å²) in [4.78, 5) is 27.6. The maximum absolute atomic E-state index is 13.9. The fourth-order valence-corrected chi connectivity index (χ4v) is 6.04. The largest absolute Gasteiger partial charge is 0.497 e. The minimum Gasteiger partial charge on any atom is -0.497 e. The zero-order valence-corrected chi connectivity index (χ0v) is 27.6. The third-order valence-corrected chi connectivity index (χ3v) is 8.67. The van der Waals surface area contributed by atoms with Gasteiger partial charge in [0.2, 0.25) is 0 Å². The first kappa shape index (κ1) is 32.8. The number of Topliss-reactive ketones (excluding diaryl/α,β-unsaturated/α-hetero) is 1. The van der Waals surface area contributed by atoms with Gasteiger partial charge in [-0.25, -0.2) is 9.48 Å². The predicted molar refractivity (Wildman–Crippen MR) is 183 cm³/mol. The molecule has 3 aromatic carbocycles. The maximum atomic E-state index is 13.9. The highest BCUT2D eigenvalue weighted by Gasteiger charge is 2.31. The standard InChI is InChI=1S/C37H45N5O4/c1-24-11-13-26(14-12-24)42-35(23-34(41-42)37(2,3)4)40-36(44)39-31-10-8-7-9-28(31)29(25-17-19-38-20-18-25)22-32(43)30-21-27(45-5)15-16-33(30)46-6/h7-16,21,23,25,29,38H,17-20,22H2,1-6H3,(H2,39,40,44). The molecule has 1 aromatic heterocycles. The molecule has 3 N–H and O–H groups in total. The van der Waals surface area contributed by atoms with E-state index in [1.807, 2.05) is 61.5 Å². The van der Waals surface area contributed by atoms with Crippen LogP contribution in [0.2, 0.25) is 0 Å². The first-order chi connectivity index (χ1) is 22.1. The summed E-state index contributed by atoms with van der Waals surface area (Å²) >= 11 is 0. The number of aryl methyl sites for hydroxylation is 1. The molecule has 242 valence electrons. The van der Waals surface area contributed by atoms with Crippen LogP contribution in [0.25, 0.3) is 5.69 Å². The van der Waals surface area contributed by atoms with E-state index in [1.54, 1.807) is 37.1 Å². The van der Waals surface area contributed by atoms with Gasteiger partial charge in [-0.1, -0.05) is 56.7 Å². The van der Waals surface area contributed by atoms with E-state index < -0.39 is 0 Å². The molecular formula is C37H45N5O4. The summed E-state index contributed by atoms with van der Waals surface area (Å²) in [5.74, 6) is 1.79. The summed E-state index contributed by atoms with van der Waals surface area (Å²) in [7, 11) is 3.15. The van der Waals surface area contributed by atoms with Crippen LogP contribution in [0.3, 0.4) is 0 Å². The molecule has 9 nitrogen and oxygen atoms in total. The van der Waals surface area contributed by atoms with Crippen LogP contribution in [0.1, 0.15) is 73.1 Å². The van der Waals surface area contributed by atoms with Crippen molar-refractivity contribution < 1.29 is 19.1 Å². The second-order valence-electron chi connectivity index (χ2n) is 13.0. The fraction of sp³-hybridized carbons (Fsp3) is 0.378. The summed E-state index contributed by atoms with van der Waals surface area (Å²) in [5, 5.41) is 14.4. The van der Waals surface area contributed by atoms with Gasteiger partial charge in [0.25, 0.3) is 0 Å². The molecular weight excluding hydrogens is 578 g/mol. The molecule has 46 heavy (non-hydrogen) atoms. The summed E-state index contributed by atoms with van der Waals surface area (Å²) < 4.78 is 12.7. The number of ether oxygens (including phenoxy) is 2. The number of anilines is 2. The van der Waals surface area contributed by atoms with Crippen molar-refractivity contribution in [3.05, 3.63) is 95.2 Å². The molecule has 1 atom stereocenters. The Morgan fingerprint density at radius 3 is 2.35 bits per heavy atom. The van der Waals surface area contributed by atoms with Crippen LogP contribution in [0.15, 0.2) is 72.8 Å². The Hall–Kier alpha value is -4.63. The number of benzene rings is 3. The third-order valence-electron chi connectivity index (χ3n) is 8.67. The Balaban J connectivity index is 1.44. The van der Waals surface area contributed by atoms with Gasteiger partial charge in [-0.05, 0) is 86.7 Å². The molecule has 0 spiro atoms. The Bertz CT molecular complexity index is 1670. The fourth-order valence-electron chi connectivity index (χ4n) is 6.04. The van der Waals surface area contributed by atoms with Crippen molar-refractivity contribution in [2.75, 3.05) is 37.9 Å². The number of carbonyl (C=O) groups is 2. The highest BCUT2D eigenvalue weighted by molar-refractivity contribution is 6.01. The van der Waals surface area contributed by atoms with E-state index in [2.05, 4.69) is 36.7 Å². The SMILES string of the molecule is COc1ccc(OC)c(C(=O)CC(c2ccccc2NC(=O)Nc2cc(C(C)(C)C)nn2-c2ccc(C)cc2)C2CCNCC2)c1. The van der Waals surface area contributed by atoms with Gasteiger partial charge in [0.1, 0.15) is 17.3 Å². The van der Waals surface area contributed by atoms with Gasteiger partial charge in [0, 0.05) is 23.6 Å². The van der Waals surface area contributed by atoms with Gasteiger partial charge in [-0.15, -0.1) is 0 Å². The number of rotatable bonds is 10. The monoisotopic (exact) mass is 623 g/mol. The average molecular weight is 624 g/mol. The number of amides is 2. The van der Waals surface area contributed by atoms with Crippen LogP contribution in [0.5, 0.6) is 11.5 Å². The van der Waals surface area contributed by atoms with E-state index in [4.69, 9.17) is 14.6 Å². The predicted octanol–water partition coefficient (Wildman–Crippen LogP) is 7.50. The molecule has 4 aromatic rings. The molecule has 1 aliphatic rings. The van der Waals surface area contributed by atoms with Crippen LogP contribution in [0.4, 0.5) is 16.3 Å². The lowest BCUT2D eigenvalue weighted by Crippen LogP contribution is -2.32. The van der Waals surface area contributed by atoms with Gasteiger partial charge < -0.3 is 20.1 Å². The Labute approximate surface area is 271 Å². The van der Waals surface area contributed by atoms with Crippen molar-refractivity contribution in [2.24, 2.45) is 5.92 Å². The minimum atomic E-state index is -0.383. The van der Waals surface area contributed by atoms with E-state index in [9.17, 15) is 9.59 Å².